The number of likely N-dealkylation sites (N-methyl/N-ethyl adjacent to an activating group) is 2. The number of carbonyl (C=O) groups is 8. The number of hydrogen-bond acceptors (Lipinski definition) is 12. The molecule has 2 heterocycles. The molecule has 1 N–H and O–H groups in total. The fourth-order valence-corrected chi connectivity index (χ4v) is 10.00. The highest BCUT2D eigenvalue weighted by Crippen LogP contribution is 2.32. The van der Waals surface area contributed by atoms with E-state index in [1.165, 1.54) is 14.2 Å². The van der Waals surface area contributed by atoms with Gasteiger partial charge in [-0.05, 0) is 69.0 Å². The Labute approximate surface area is 398 Å². The zero-order valence-corrected chi connectivity index (χ0v) is 42.1. The third kappa shape index (κ3) is 16.0. The summed E-state index contributed by atoms with van der Waals surface area (Å²) in [6.07, 6.45) is 2.69. The van der Waals surface area contributed by atoms with Crippen LogP contribution in [-0.2, 0) is 59.1 Å². The first kappa shape index (κ1) is 56.8. The summed E-state index contributed by atoms with van der Waals surface area (Å²) in [7, 11) is 6.67. The highest BCUT2D eigenvalue weighted by Gasteiger charge is 2.44. The molecular weight excluding hydrogens is 861 g/mol. The molecule has 2 aliphatic rings. The number of benzene rings is 1. The number of aliphatic carboxylic acids is 1. The maximum absolute atomic E-state index is 14.6. The Kier molecular flexibility index (Phi) is 23.3. The van der Waals surface area contributed by atoms with Gasteiger partial charge in [0.25, 0.3) is 11.8 Å². The minimum atomic E-state index is -1.04. The molecular formula is C51H80N4O12. The van der Waals surface area contributed by atoms with Crippen molar-refractivity contribution in [2.24, 2.45) is 35.5 Å². The molecule has 16 nitrogen and oxygen atoms in total. The Balaban J connectivity index is 1.68. The topological polar surface area (TPSA) is 197 Å². The minimum absolute atomic E-state index is 0.0268. The van der Waals surface area contributed by atoms with Crippen LogP contribution in [0.15, 0.2) is 30.3 Å². The maximum Gasteiger partial charge on any atom is 0.333 e. The number of carbonyl (C=O) groups excluding carboxylic acids is 7. The van der Waals surface area contributed by atoms with E-state index in [0.717, 1.165) is 5.56 Å². The molecule has 0 unspecified atom stereocenters. The molecule has 2 aliphatic heterocycles. The van der Waals surface area contributed by atoms with Gasteiger partial charge >= 0.3 is 11.9 Å². The summed E-state index contributed by atoms with van der Waals surface area (Å²) in [5, 5.41) is 10.6. The quantitative estimate of drug-likeness (QED) is 0.0680. The smallest absolute Gasteiger partial charge is 0.333 e. The zero-order chi connectivity index (χ0) is 50.1. The molecule has 0 saturated carbocycles. The van der Waals surface area contributed by atoms with E-state index in [9.17, 15) is 43.5 Å². The summed E-state index contributed by atoms with van der Waals surface area (Å²) in [4.78, 5) is 115. The molecule has 3 rings (SSSR count). The number of hydroxylamine groups is 2. The second kappa shape index (κ2) is 27.5. The fourth-order valence-electron chi connectivity index (χ4n) is 10.00. The van der Waals surface area contributed by atoms with Gasteiger partial charge in [-0.15, -0.1) is 5.06 Å². The number of methoxy groups -OCH3 is 2. The number of rotatable bonds is 30. The maximum atomic E-state index is 14.6. The van der Waals surface area contributed by atoms with Gasteiger partial charge in [-0.25, -0.2) is 4.79 Å². The van der Waals surface area contributed by atoms with Crippen LogP contribution in [0, 0.1) is 35.5 Å². The van der Waals surface area contributed by atoms with Crippen LogP contribution in [0.5, 0.6) is 0 Å². The van der Waals surface area contributed by atoms with Crippen molar-refractivity contribution < 1.29 is 57.8 Å². The van der Waals surface area contributed by atoms with Crippen molar-refractivity contribution in [2.75, 3.05) is 41.4 Å². The zero-order valence-electron chi connectivity index (χ0n) is 42.1. The molecule has 2 saturated heterocycles. The third-order valence-corrected chi connectivity index (χ3v) is 14.0. The van der Waals surface area contributed by atoms with Gasteiger partial charge in [-0.2, -0.15) is 0 Å². The van der Waals surface area contributed by atoms with E-state index in [0.29, 0.717) is 56.7 Å². The molecule has 1 aromatic carbocycles. The summed E-state index contributed by atoms with van der Waals surface area (Å²) in [5.41, 5.74) is 0.832. The Hall–Kier alpha value is -4.54. The molecule has 376 valence electrons. The lowest BCUT2D eigenvalue weighted by molar-refractivity contribution is -0.197. The normalized spacial score (nSPS) is 19.0. The first-order valence-corrected chi connectivity index (χ1v) is 24.4. The molecule has 0 spiro atoms. The van der Waals surface area contributed by atoms with Gasteiger partial charge in [0.05, 0.1) is 42.7 Å². The highest BCUT2D eigenvalue weighted by atomic mass is 16.7. The van der Waals surface area contributed by atoms with Crippen LogP contribution < -0.4 is 0 Å². The number of unbranched alkanes of at least 4 members (excludes halogenated alkanes) is 2. The van der Waals surface area contributed by atoms with Gasteiger partial charge in [-0.1, -0.05) is 91.6 Å². The molecule has 67 heavy (non-hydrogen) atoms. The Morgan fingerprint density at radius 1 is 0.821 bits per heavy atom. The van der Waals surface area contributed by atoms with Crippen molar-refractivity contribution in [2.45, 2.75) is 162 Å². The lowest BCUT2D eigenvalue weighted by atomic mass is 9.83. The van der Waals surface area contributed by atoms with E-state index in [-0.39, 0.29) is 86.1 Å². The van der Waals surface area contributed by atoms with E-state index in [4.69, 9.17) is 14.3 Å². The van der Waals surface area contributed by atoms with Crippen molar-refractivity contribution >= 4 is 47.1 Å². The first-order chi connectivity index (χ1) is 31.7. The number of nitrogens with zero attached hydrogens (tertiary/aromatic N) is 4. The van der Waals surface area contributed by atoms with E-state index >= 15 is 0 Å². The number of carboxylic acids is 1. The second-order valence-electron chi connectivity index (χ2n) is 19.5. The standard InChI is InChI=1S/C51H80N4O12/c1-12-34(6)48(42(65-10)31-45(60)54-27-19-22-39(54)49(66-11)35(7)40(56)29-37(51(63)64)28-36-20-15-13-16-21-36)53(9)50(62)38(32(2)3)30-41(57)47(33(4)5)52(8)26-18-14-17-23-46(61)67-55-43(58)24-25-44(55)59/h13,15-16,20-21,32-35,37-39,42,47-49H,12,14,17-19,22-31H2,1-11H3,(H,63,64)/t34-,35-,37+,38-,39-,42+,47-,48-,49+/m0/s1. The largest absolute Gasteiger partial charge is 0.481 e. The van der Waals surface area contributed by atoms with Gasteiger partial charge in [0.1, 0.15) is 5.78 Å². The number of carboxylic acid groups (broad SMARTS) is 1. The average molecular weight is 941 g/mol. The SMILES string of the molecule is CC[C@H](C)[C@@H]([C@@H](CC(=O)N1CCC[C@H]1[C@H](OC)[C@@H](C)C(=O)C[C@@H](Cc1ccccc1)C(=O)O)OC)N(C)C(=O)[C@@H](CC(=O)[C@H](C(C)C)N(C)CCCCCC(=O)ON1C(=O)CCC1=O)C(C)C. The number of likely N-dealkylation sites (tertiary alicyclic amines) is 1. The summed E-state index contributed by atoms with van der Waals surface area (Å²) in [6.45, 7) is 14.6. The minimum Gasteiger partial charge on any atom is -0.481 e. The van der Waals surface area contributed by atoms with Crippen molar-refractivity contribution in [3.8, 4) is 0 Å². The van der Waals surface area contributed by atoms with E-state index in [1.54, 1.807) is 23.8 Å². The summed E-state index contributed by atoms with van der Waals surface area (Å²) >= 11 is 0. The van der Waals surface area contributed by atoms with E-state index in [2.05, 4.69) is 0 Å². The number of amides is 4. The van der Waals surface area contributed by atoms with Crippen molar-refractivity contribution in [1.82, 2.24) is 19.8 Å². The lowest BCUT2D eigenvalue weighted by Crippen LogP contribution is -2.54. The Morgan fingerprint density at radius 2 is 1.46 bits per heavy atom. The highest BCUT2D eigenvalue weighted by molar-refractivity contribution is 6.01. The van der Waals surface area contributed by atoms with Crippen molar-refractivity contribution in [1.29, 1.82) is 0 Å². The summed E-state index contributed by atoms with van der Waals surface area (Å²) in [6, 6.07) is 7.84. The van der Waals surface area contributed by atoms with Crippen molar-refractivity contribution in [3.05, 3.63) is 35.9 Å². The molecule has 0 bridgehead atoms. The fraction of sp³-hybridized carbons (Fsp3) is 0.725. The molecule has 1 aromatic rings. The summed E-state index contributed by atoms with van der Waals surface area (Å²) < 4.78 is 12.0. The van der Waals surface area contributed by atoms with Crippen LogP contribution in [0.3, 0.4) is 0 Å². The summed E-state index contributed by atoms with van der Waals surface area (Å²) in [5.74, 6) is -5.89. The Morgan fingerprint density at radius 3 is 2.01 bits per heavy atom. The molecule has 16 heteroatoms. The number of imide groups is 1. The second-order valence-corrected chi connectivity index (χ2v) is 19.5. The predicted molar refractivity (Wildman–Crippen MR) is 252 cm³/mol. The van der Waals surface area contributed by atoms with Crippen molar-refractivity contribution in [3.63, 3.8) is 0 Å². The van der Waals surface area contributed by atoms with Crippen LogP contribution in [0.25, 0.3) is 0 Å². The molecule has 2 fully saturated rings. The number of hydrogen-bond donors (Lipinski definition) is 1. The van der Waals surface area contributed by atoms with Gasteiger partial charge in [0.15, 0.2) is 5.78 Å². The third-order valence-electron chi connectivity index (χ3n) is 14.0. The van der Waals surface area contributed by atoms with Crippen LogP contribution >= 0.6 is 0 Å². The van der Waals surface area contributed by atoms with Crippen LogP contribution in [0.1, 0.15) is 131 Å². The van der Waals surface area contributed by atoms with Gasteiger partial charge in [0.2, 0.25) is 11.8 Å². The average Bonchev–Trinajstić information content (AvgIpc) is 3.90. The van der Waals surface area contributed by atoms with E-state index in [1.807, 2.05) is 83.8 Å². The number of ketones is 2. The molecule has 0 aromatic heterocycles. The molecule has 0 radical (unpaired) electrons. The van der Waals surface area contributed by atoms with Gasteiger partial charge in [-0.3, -0.25) is 38.5 Å². The van der Waals surface area contributed by atoms with E-state index < -0.39 is 71.8 Å². The Bertz CT molecular complexity index is 1810. The van der Waals surface area contributed by atoms with Gasteiger partial charge < -0.3 is 29.2 Å². The lowest BCUT2D eigenvalue weighted by Gasteiger charge is -2.41. The van der Waals surface area contributed by atoms with Gasteiger partial charge in [0, 0.05) is 71.8 Å². The monoisotopic (exact) mass is 941 g/mol. The predicted octanol–water partition coefficient (Wildman–Crippen LogP) is 6.16. The van der Waals surface area contributed by atoms with Crippen LogP contribution in [-0.4, -0.2) is 144 Å². The molecule has 0 aliphatic carbocycles. The number of ether oxygens (including phenoxy) is 2. The molecule has 9 atom stereocenters. The first-order valence-electron chi connectivity index (χ1n) is 24.4. The van der Waals surface area contributed by atoms with Crippen LogP contribution in [0.2, 0.25) is 0 Å². The molecule has 4 amide bonds. The number of Topliss-reactive ketones (excluding diaryl/α,β-unsaturated/α-hetero) is 2. The van der Waals surface area contributed by atoms with Crippen LogP contribution in [0.4, 0.5) is 0 Å².